The molecule has 2 aromatic rings. The number of aryl methyl sites for hydroxylation is 1. The van der Waals surface area contributed by atoms with E-state index in [-0.39, 0.29) is 0 Å². The molecule has 3 rings (SSSR count). The van der Waals surface area contributed by atoms with E-state index >= 15 is 0 Å². The predicted molar refractivity (Wildman–Crippen MR) is 78.6 cm³/mol. The predicted octanol–water partition coefficient (Wildman–Crippen LogP) is 1.67. The van der Waals surface area contributed by atoms with Gasteiger partial charge < -0.3 is 14.8 Å². The van der Waals surface area contributed by atoms with E-state index in [1.807, 2.05) is 37.1 Å². The summed E-state index contributed by atoms with van der Waals surface area (Å²) in [6.45, 7) is 1.74. The maximum absolute atomic E-state index is 4.33. The van der Waals surface area contributed by atoms with E-state index < -0.39 is 0 Å². The van der Waals surface area contributed by atoms with Gasteiger partial charge in [-0.2, -0.15) is 0 Å². The maximum atomic E-state index is 4.33. The lowest BCUT2D eigenvalue weighted by Crippen LogP contribution is -2.20. The molecule has 6 heteroatoms. The molecular weight excluding hydrogens is 252 g/mol. The third-order valence-electron chi connectivity index (χ3n) is 3.61. The highest BCUT2D eigenvalue weighted by Crippen LogP contribution is 2.28. The summed E-state index contributed by atoms with van der Waals surface area (Å²) >= 11 is 0. The minimum Gasteiger partial charge on any atom is -0.370 e. The number of nitrogens with zero attached hydrogens (tertiary/aromatic N) is 5. The second-order valence-corrected chi connectivity index (χ2v) is 5.40. The van der Waals surface area contributed by atoms with Crippen LogP contribution in [0.5, 0.6) is 0 Å². The van der Waals surface area contributed by atoms with Gasteiger partial charge in [-0.15, -0.1) is 0 Å². The molecule has 1 fully saturated rings. The Morgan fingerprint density at radius 2 is 2.20 bits per heavy atom. The van der Waals surface area contributed by atoms with Crippen molar-refractivity contribution in [2.75, 3.05) is 23.8 Å². The van der Waals surface area contributed by atoms with Crippen LogP contribution in [0.3, 0.4) is 0 Å². The highest BCUT2D eigenvalue weighted by molar-refractivity contribution is 5.48. The van der Waals surface area contributed by atoms with Gasteiger partial charge in [0.05, 0.1) is 6.54 Å². The molecule has 20 heavy (non-hydrogen) atoms. The number of imidazole rings is 1. The van der Waals surface area contributed by atoms with Crippen molar-refractivity contribution in [1.29, 1.82) is 0 Å². The van der Waals surface area contributed by atoms with Gasteiger partial charge in [0.15, 0.2) is 0 Å². The van der Waals surface area contributed by atoms with Gasteiger partial charge in [-0.1, -0.05) is 0 Å². The van der Waals surface area contributed by atoms with Crippen LogP contribution in [0.25, 0.3) is 0 Å². The van der Waals surface area contributed by atoms with E-state index in [4.69, 9.17) is 0 Å². The molecule has 0 amide bonds. The molecular formula is C14H20N6. The average Bonchev–Trinajstić information content (AvgIpc) is 3.21. The number of anilines is 2. The van der Waals surface area contributed by atoms with Crippen LogP contribution in [0.4, 0.5) is 11.6 Å². The number of rotatable bonds is 6. The molecule has 2 heterocycles. The summed E-state index contributed by atoms with van der Waals surface area (Å²) in [5.74, 6) is 3.65. The summed E-state index contributed by atoms with van der Waals surface area (Å²) in [7, 11) is 4.01. The van der Waals surface area contributed by atoms with Crippen molar-refractivity contribution < 1.29 is 0 Å². The first-order chi connectivity index (χ1) is 9.72. The quantitative estimate of drug-likeness (QED) is 0.867. The zero-order valence-corrected chi connectivity index (χ0v) is 12.0. The molecule has 1 aliphatic carbocycles. The van der Waals surface area contributed by atoms with Crippen LogP contribution >= 0.6 is 0 Å². The van der Waals surface area contributed by atoms with Gasteiger partial charge in [0.25, 0.3) is 0 Å². The van der Waals surface area contributed by atoms with Crippen molar-refractivity contribution in [3.63, 3.8) is 0 Å². The first-order valence-corrected chi connectivity index (χ1v) is 6.95. The SMILES string of the molecule is CN(Cc1nccn1C)c1cc(NCC2CC2)ncn1. The Morgan fingerprint density at radius 1 is 1.35 bits per heavy atom. The highest BCUT2D eigenvalue weighted by atomic mass is 15.2. The largest absolute Gasteiger partial charge is 0.370 e. The number of hydrogen-bond acceptors (Lipinski definition) is 5. The third-order valence-corrected chi connectivity index (χ3v) is 3.61. The molecule has 1 aliphatic rings. The molecule has 0 bridgehead atoms. The van der Waals surface area contributed by atoms with E-state index in [9.17, 15) is 0 Å². The molecule has 0 saturated heterocycles. The zero-order valence-electron chi connectivity index (χ0n) is 12.0. The Balaban J connectivity index is 1.65. The molecule has 0 aliphatic heterocycles. The highest BCUT2D eigenvalue weighted by Gasteiger charge is 2.20. The van der Waals surface area contributed by atoms with Crippen LogP contribution in [-0.2, 0) is 13.6 Å². The molecule has 0 aromatic carbocycles. The third kappa shape index (κ3) is 3.07. The standard InChI is InChI=1S/C14H20N6/c1-19-6-5-15-14(19)9-20(2)13-7-12(17-10-18-13)16-8-11-3-4-11/h5-7,10-11H,3-4,8-9H2,1-2H3,(H,16,17,18). The van der Waals surface area contributed by atoms with Crippen molar-refractivity contribution in [2.45, 2.75) is 19.4 Å². The number of nitrogens with one attached hydrogen (secondary N) is 1. The first-order valence-electron chi connectivity index (χ1n) is 6.95. The number of hydrogen-bond donors (Lipinski definition) is 1. The zero-order chi connectivity index (χ0) is 13.9. The molecule has 0 unspecified atom stereocenters. The second kappa shape index (κ2) is 5.48. The molecule has 0 spiro atoms. The van der Waals surface area contributed by atoms with Crippen molar-refractivity contribution >= 4 is 11.6 Å². The lowest BCUT2D eigenvalue weighted by atomic mass is 10.4. The molecule has 2 aromatic heterocycles. The summed E-state index contributed by atoms with van der Waals surface area (Å²) in [6, 6.07) is 1.99. The van der Waals surface area contributed by atoms with E-state index in [0.717, 1.165) is 36.5 Å². The van der Waals surface area contributed by atoms with Crippen LogP contribution in [-0.4, -0.2) is 33.1 Å². The average molecular weight is 272 g/mol. The van der Waals surface area contributed by atoms with E-state index in [1.165, 1.54) is 12.8 Å². The fraction of sp³-hybridized carbons (Fsp3) is 0.500. The van der Waals surface area contributed by atoms with Crippen LogP contribution < -0.4 is 10.2 Å². The topological polar surface area (TPSA) is 58.9 Å². The summed E-state index contributed by atoms with van der Waals surface area (Å²) in [5, 5.41) is 3.37. The first kappa shape index (κ1) is 12.9. The Labute approximate surface area is 118 Å². The van der Waals surface area contributed by atoms with Gasteiger partial charge in [0.1, 0.15) is 23.8 Å². The van der Waals surface area contributed by atoms with Crippen molar-refractivity contribution in [2.24, 2.45) is 13.0 Å². The van der Waals surface area contributed by atoms with Gasteiger partial charge in [-0.3, -0.25) is 0 Å². The van der Waals surface area contributed by atoms with Crippen LogP contribution in [0.2, 0.25) is 0 Å². The second-order valence-electron chi connectivity index (χ2n) is 5.40. The van der Waals surface area contributed by atoms with Gasteiger partial charge in [-0.25, -0.2) is 15.0 Å². The van der Waals surface area contributed by atoms with Crippen molar-refractivity contribution in [1.82, 2.24) is 19.5 Å². The molecule has 0 atom stereocenters. The molecule has 1 N–H and O–H groups in total. The monoisotopic (exact) mass is 272 g/mol. The van der Waals surface area contributed by atoms with Crippen LogP contribution in [0.15, 0.2) is 24.8 Å². The molecule has 1 saturated carbocycles. The Hall–Kier alpha value is -2.11. The summed E-state index contributed by atoms with van der Waals surface area (Å²) in [4.78, 5) is 15.0. The van der Waals surface area contributed by atoms with E-state index in [1.54, 1.807) is 6.33 Å². The summed E-state index contributed by atoms with van der Waals surface area (Å²) < 4.78 is 2.02. The van der Waals surface area contributed by atoms with Gasteiger partial charge in [-0.05, 0) is 18.8 Å². The van der Waals surface area contributed by atoms with Gasteiger partial charge >= 0.3 is 0 Å². The lowest BCUT2D eigenvalue weighted by Gasteiger charge is -2.18. The van der Waals surface area contributed by atoms with E-state index in [0.29, 0.717) is 0 Å². The Kier molecular flexibility index (Phi) is 3.54. The van der Waals surface area contributed by atoms with Crippen LogP contribution in [0.1, 0.15) is 18.7 Å². The van der Waals surface area contributed by atoms with Crippen molar-refractivity contribution in [3.8, 4) is 0 Å². The number of aromatic nitrogens is 4. The summed E-state index contributed by atoms with van der Waals surface area (Å²) in [5.41, 5.74) is 0. The lowest BCUT2D eigenvalue weighted by molar-refractivity contribution is 0.754. The normalized spacial score (nSPS) is 14.3. The summed E-state index contributed by atoms with van der Waals surface area (Å²) in [6.07, 6.45) is 8.05. The minimum absolute atomic E-state index is 0.725. The maximum Gasteiger partial charge on any atom is 0.134 e. The fourth-order valence-corrected chi connectivity index (χ4v) is 2.07. The Bertz CT molecular complexity index is 575. The van der Waals surface area contributed by atoms with Gasteiger partial charge in [0, 0.05) is 39.1 Å². The molecule has 0 radical (unpaired) electrons. The molecule has 106 valence electrons. The fourth-order valence-electron chi connectivity index (χ4n) is 2.07. The van der Waals surface area contributed by atoms with Crippen LogP contribution in [0, 0.1) is 5.92 Å². The smallest absolute Gasteiger partial charge is 0.134 e. The Morgan fingerprint density at radius 3 is 2.90 bits per heavy atom. The minimum atomic E-state index is 0.725. The molecule has 6 nitrogen and oxygen atoms in total. The van der Waals surface area contributed by atoms with E-state index in [2.05, 4.69) is 25.2 Å². The van der Waals surface area contributed by atoms with Gasteiger partial charge in [0.2, 0.25) is 0 Å². The van der Waals surface area contributed by atoms with Crippen molar-refractivity contribution in [3.05, 3.63) is 30.6 Å².